The molecule has 0 aromatic heterocycles. The van der Waals surface area contributed by atoms with Gasteiger partial charge in [-0.25, -0.2) is 4.39 Å². The van der Waals surface area contributed by atoms with E-state index in [1.807, 2.05) is 30.3 Å². The minimum absolute atomic E-state index is 0.172. The predicted molar refractivity (Wildman–Crippen MR) is 79.6 cm³/mol. The number of aliphatic hydroxyl groups is 1. The van der Waals surface area contributed by atoms with Gasteiger partial charge in [0.2, 0.25) is 0 Å². The van der Waals surface area contributed by atoms with E-state index in [2.05, 4.69) is 5.32 Å². The zero-order valence-corrected chi connectivity index (χ0v) is 11.8. The van der Waals surface area contributed by atoms with Crippen LogP contribution in [0.15, 0.2) is 48.5 Å². The Morgan fingerprint density at radius 2 is 1.95 bits per heavy atom. The average molecular weight is 287 g/mol. The molecule has 110 valence electrons. The van der Waals surface area contributed by atoms with Gasteiger partial charge in [-0.15, -0.1) is 0 Å². The number of benzene rings is 2. The quantitative estimate of drug-likeness (QED) is 0.887. The van der Waals surface area contributed by atoms with Crippen LogP contribution >= 0.6 is 0 Å². The second kappa shape index (κ2) is 6.99. The molecule has 0 aliphatic carbocycles. The molecule has 1 atom stereocenters. The standard InChI is InChI=1S/C17H18FNO2/c1-12-7-8-14(10-16(12)18)17(21)19-15(11-20)9-13-5-3-2-4-6-13/h2-8,10,15,20H,9,11H2,1H3,(H,19,21)/t15-/m1/s1. The third kappa shape index (κ3) is 4.13. The lowest BCUT2D eigenvalue weighted by molar-refractivity contribution is 0.0916. The van der Waals surface area contributed by atoms with Gasteiger partial charge in [-0.1, -0.05) is 36.4 Å². The predicted octanol–water partition coefficient (Wildman–Crippen LogP) is 2.47. The molecule has 0 aliphatic heterocycles. The Labute approximate surface area is 123 Å². The van der Waals surface area contributed by atoms with Gasteiger partial charge in [-0.05, 0) is 36.6 Å². The van der Waals surface area contributed by atoms with Gasteiger partial charge in [-0.3, -0.25) is 4.79 Å². The van der Waals surface area contributed by atoms with Crippen molar-refractivity contribution in [3.05, 3.63) is 71.0 Å². The maximum Gasteiger partial charge on any atom is 0.251 e. The molecule has 2 N–H and O–H groups in total. The molecule has 21 heavy (non-hydrogen) atoms. The molecule has 0 bridgehead atoms. The summed E-state index contributed by atoms with van der Waals surface area (Å²) < 4.78 is 13.5. The molecule has 0 heterocycles. The lowest BCUT2D eigenvalue weighted by Gasteiger charge is -2.16. The highest BCUT2D eigenvalue weighted by molar-refractivity contribution is 5.94. The number of carbonyl (C=O) groups excluding carboxylic acids is 1. The number of aryl methyl sites for hydroxylation is 1. The van der Waals surface area contributed by atoms with Crippen LogP contribution in [0, 0.1) is 12.7 Å². The molecule has 1 amide bonds. The molecule has 2 rings (SSSR count). The molecule has 4 heteroatoms. The Hall–Kier alpha value is -2.20. The zero-order chi connectivity index (χ0) is 15.2. The average Bonchev–Trinajstić information content (AvgIpc) is 2.50. The third-order valence-electron chi connectivity index (χ3n) is 3.31. The van der Waals surface area contributed by atoms with Crippen LogP contribution in [0.25, 0.3) is 0 Å². The Morgan fingerprint density at radius 1 is 1.24 bits per heavy atom. The highest BCUT2D eigenvalue weighted by Crippen LogP contribution is 2.10. The first-order valence-corrected chi connectivity index (χ1v) is 6.82. The van der Waals surface area contributed by atoms with Gasteiger partial charge >= 0.3 is 0 Å². The highest BCUT2D eigenvalue weighted by Gasteiger charge is 2.14. The fourth-order valence-corrected chi connectivity index (χ4v) is 2.06. The van der Waals surface area contributed by atoms with Crippen LogP contribution in [-0.2, 0) is 6.42 Å². The van der Waals surface area contributed by atoms with Gasteiger partial charge in [0.25, 0.3) is 5.91 Å². The summed E-state index contributed by atoms with van der Waals surface area (Å²) in [5.41, 5.74) is 1.77. The number of amides is 1. The van der Waals surface area contributed by atoms with Crippen LogP contribution in [-0.4, -0.2) is 23.7 Å². The maximum atomic E-state index is 13.5. The number of hydrogen-bond donors (Lipinski definition) is 2. The van der Waals surface area contributed by atoms with Crippen LogP contribution in [0.4, 0.5) is 4.39 Å². The van der Waals surface area contributed by atoms with Crippen molar-refractivity contribution in [3.8, 4) is 0 Å². The van der Waals surface area contributed by atoms with E-state index in [9.17, 15) is 14.3 Å². The molecule has 0 saturated carbocycles. The number of hydrogen-bond acceptors (Lipinski definition) is 2. The fraction of sp³-hybridized carbons (Fsp3) is 0.235. The smallest absolute Gasteiger partial charge is 0.251 e. The molecular weight excluding hydrogens is 269 g/mol. The van der Waals surface area contributed by atoms with Crippen molar-refractivity contribution in [2.45, 2.75) is 19.4 Å². The van der Waals surface area contributed by atoms with Crippen LogP contribution in [0.1, 0.15) is 21.5 Å². The maximum absolute atomic E-state index is 13.5. The van der Waals surface area contributed by atoms with E-state index >= 15 is 0 Å². The molecule has 0 saturated heterocycles. The van der Waals surface area contributed by atoms with Crippen molar-refractivity contribution in [2.24, 2.45) is 0 Å². The third-order valence-corrected chi connectivity index (χ3v) is 3.31. The van der Waals surface area contributed by atoms with Crippen LogP contribution in [0.2, 0.25) is 0 Å². The molecule has 0 fully saturated rings. The summed E-state index contributed by atoms with van der Waals surface area (Å²) in [5.74, 6) is -0.796. The lowest BCUT2D eigenvalue weighted by Crippen LogP contribution is -2.39. The van der Waals surface area contributed by atoms with E-state index in [0.29, 0.717) is 12.0 Å². The minimum Gasteiger partial charge on any atom is -0.394 e. The fourth-order valence-electron chi connectivity index (χ4n) is 2.06. The summed E-state index contributed by atoms with van der Waals surface area (Å²) in [6.45, 7) is 1.47. The van der Waals surface area contributed by atoms with Gasteiger partial charge in [0.15, 0.2) is 0 Å². The monoisotopic (exact) mass is 287 g/mol. The van der Waals surface area contributed by atoms with Crippen molar-refractivity contribution in [3.63, 3.8) is 0 Å². The van der Waals surface area contributed by atoms with Crippen LogP contribution < -0.4 is 5.32 Å². The normalized spacial score (nSPS) is 12.0. The largest absolute Gasteiger partial charge is 0.394 e. The van der Waals surface area contributed by atoms with E-state index in [0.717, 1.165) is 5.56 Å². The Morgan fingerprint density at radius 3 is 2.57 bits per heavy atom. The Kier molecular flexibility index (Phi) is 5.06. The highest BCUT2D eigenvalue weighted by atomic mass is 19.1. The van der Waals surface area contributed by atoms with E-state index < -0.39 is 11.9 Å². The van der Waals surface area contributed by atoms with E-state index in [4.69, 9.17) is 0 Å². The molecule has 0 spiro atoms. The molecule has 0 unspecified atom stereocenters. The van der Waals surface area contributed by atoms with Crippen LogP contribution in [0.3, 0.4) is 0 Å². The molecule has 0 radical (unpaired) electrons. The van der Waals surface area contributed by atoms with Crippen molar-refractivity contribution in [1.82, 2.24) is 5.32 Å². The zero-order valence-electron chi connectivity index (χ0n) is 11.8. The summed E-state index contributed by atoms with van der Waals surface area (Å²) in [6, 6.07) is 13.5. The molecule has 2 aromatic carbocycles. The number of carbonyl (C=O) groups is 1. The lowest BCUT2D eigenvalue weighted by atomic mass is 10.1. The van der Waals surface area contributed by atoms with Crippen molar-refractivity contribution in [2.75, 3.05) is 6.61 Å². The second-order valence-corrected chi connectivity index (χ2v) is 5.01. The van der Waals surface area contributed by atoms with E-state index in [1.54, 1.807) is 19.1 Å². The first kappa shape index (κ1) is 15.2. The molecule has 0 aliphatic rings. The van der Waals surface area contributed by atoms with E-state index in [-0.39, 0.29) is 18.1 Å². The molecular formula is C17H18FNO2. The first-order chi connectivity index (χ1) is 10.1. The summed E-state index contributed by atoms with van der Waals surface area (Å²) >= 11 is 0. The first-order valence-electron chi connectivity index (χ1n) is 6.82. The van der Waals surface area contributed by atoms with Gasteiger partial charge in [0.1, 0.15) is 5.82 Å². The van der Waals surface area contributed by atoms with Crippen molar-refractivity contribution >= 4 is 5.91 Å². The number of nitrogens with one attached hydrogen (secondary N) is 1. The minimum atomic E-state index is -0.411. The summed E-state index contributed by atoms with van der Waals surface area (Å²) in [5, 5.41) is 12.1. The molecule has 3 nitrogen and oxygen atoms in total. The second-order valence-electron chi connectivity index (χ2n) is 5.01. The molecule has 2 aromatic rings. The number of rotatable bonds is 5. The summed E-state index contributed by atoms with van der Waals surface area (Å²) in [6.07, 6.45) is 0.525. The van der Waals surface area contributed by atoms with Gasteiger partial charge < -0.3 is 10.4 Å². The summed E-state index contributed by atoms with van der Waals surface area (Å²) in [7, 11) is 0. The van der Waals surface area contributed by atoms with Crippen molar-refractivity contribution in [1.29, 1.82) is 0 Å². The van der Waals surface area contributed by atoms with Crippen LogP contribution in [0.5, 0.6) is 0 Å². The summed E-state index contributed by atoms with van der Waals surface area (Å²) in [4.78, 5) is 12.1. The SMILES string of the molecule is Cc1ccc(C(=O)N[C@@H](CO)Cc2ccccc2)cc1F. The van der Waals surface area contributed by atoms with Gasteiger partial charge in [0.05, 0.1) is 12.6 Å². The number of aliphatic hydroxyl groups excluding tert-OH is 1. The van der Waals surface area contributed by atoms with Gasteiger partial charge in [-0.2, -0.15) is 0 Å². The Balaban J connectivity index is 2.04. The Bertz CT molecular complexity index is 613. The van der Waals surface area contributed by atoms with E-state index in [1.165, 1.54) is 6.07 Å². The number of halogens is 1. The van der Waals surface area contributed by atoms with Crippen molar-refractivity contribution < 1.29 is 14.3 Å². The van der Waals surface area contributed by atoms with Gasteiger partial charge in [0, 0.05) is 5.56 Å². The topological polar surface area (TPSA) is 49.3 Å².